The van der Waals surface area contributed by atoms with Crippen molar-refractivity contribution in [1.82, 2.24) is 9.88 Å². The third-order valence-electron chi connectivity index (χ3n) is 2.93. The van der Waals surface area contributed by atoms with Crippen LogP contribution in [0.4, 0.5) is 5.69 Å². The summed E-state index contributed by atoms with van der Waals surface area (Å²) in [6.45, 7) is 4.79. The first-order valence-corrected chi connectivity index (χ1v) is 6.44. The molecule has 0 fully saturated rings. The van der Waals surface area contributed by atoms with Crippen LogP contribution in [0.1, 0.15) is 37.2 Å². The highest BCUT2D eigenvalue weighted by molar-refractivity contribution is 5.93. The van der Waals surface area contributed by atoms with Gasteiger partial charge < -0.3 is 10.2 Å². The Kier molecular flexibility index (Phi) is 5.80. The summed E-state index contributed by atoms with van der Waals surface area (Å²) in [7, 11) is 1.69. The molecule has 0 aliphatic carbocycles. The van der Waals surface area contributed by atoms with Gasteiger partial charge in [0, 0.05) is 31.5 Å². The molecule has 1 amide bonds. The van der Waals surface area contributed by atoms with Crippen molar-refractivity contribution < 1.29 is 4.79 Å². The summed E-state index contributed by atoms with van der Waals surface area (Å²) in [5, 5.41) is 11.9. The van der Waals surface area contributed by atoms with E-state index in [4.69, 9.17) is 5.26 Å². The van der Waals surface area contributed by atoms with Crippen LogP contribution < -0.4 is 5.32 Å². The Morgan fingerprint density at radius 2 is 2.37 bits per heavy atom. The molecule has 0 bridgehead atoms. The van der Waals surface area contributed by atoms with Gasteiger partial charge in [0.2, 0.25) is 0 Å². The number of nitriles is 1. The number of rotatable bonds is 6. The van der Waals surface area contributed by atoms with Crippen LogP contribution in [0, 0.1) is 11.3 Å². The Bertz CT molecular complexity index is 467. The second-order valence-corrected chi connectivity index (χ2v) is 4.48. The van der Waals surface area contributed by atoms with Crippen LogP contribution in [0.25, 0.3) is 0 Å². The standard InChI is InChI=1S/C14H20N4O/c1-4-8-16-12-6-9-17-13(10-12)14(19)18(3)11(2)5-7-15/h6,9-11H,4-5,8H2,1-3H3,(H,16,17). The molecule has 1 aromatic heterocycles. The minimum atomic E-state index is -0.164. The quantitative estimate of drug-likeness (QED) is 0.852. The molecule has 1 heterocycles. The molecule has 102 valence electrons. The van der Waals surface area contributed by atoms with Gasteiger partial charge in [-0.05, 0) is 25.5 Å². The highest BCUT2D eigenvalue weighted by atomic mass is 16.2. The lowest BCUT2D eigenvalue weighted by molar-refractivity contribution is 0.0740. The molecule has 1 rings (SSSR count). The normalized spacial score (nSPS) is 11.5. The zero-order chi connectivity index (χ0) is 14.3. The second-order valence-electron chi connectivity index (χ2n) is 4.48. The fraction of sp³-hybridized carbons (Fsp3) is 0.500. The Hall–Kier alpha value is -2.09. The number of pyridine rings is 1. The molecule has 5 nitrogen and oxygen atoms in total. The van der Waals surface area contributed by atoms with Crippen molar-refractivity contribution in [3.8, 4) is 6.07 Å². The number of nitrogens with zero attached hydrogens (tertiary/aromatic N) is 3. The number of carbonyl (C=O) groups is 1. The molecule has 5 heteroatoms. The molecule has 0 spiro atoms. The van der Waals surface area contributed by atoms with Crippen molar-refractivity contribution >= 4 is 11.6 Å². The lowest BCUT2D eigenvalue weighted by Gasteiger charge is -2.22. The largest absolute Gasteiger partial charge is 0.385 e. The van der Waals surface area contributed by atoms with Gasteiger partial charge in [-0.3, -0.25) is 9.78 Å². The summed E-state index contributed by atoms with van der Waals surface area (Å²) >= 11 is 0. The van der Waals surface area contributed by atoms with Gasteiger partial charge in [-0.2, -0.15) is 5.26 Å². The number of amides is 1. The highest BCUT2D eigenvalue weighted by Gasteiger charge is 2.18. The van der Waals surface area contributed by atoms with E-state index in [-0.39, 0.29) is 11.9 Å². The Labute approximate surface area is 114 Å². The maximum atomic E-state index is 12.2. The monoisotopic (exact) mass is 260 g/mol. The number of hydrogen-bond acceptors (Lipinski definition) is 4. The number of aromatic nitrogens is 1. The average Bonchev–Trinajstić information content (AvgIpc) is 2.44. The minimum absolute atomic E-state index is 0.119. The van der Waals surface area contributed by atoms with Gasteiger partial charge in [0.1, 0.15) is 5.69 Å². The molecule has 19 heavy (non-hydrogen) atoms. The van der Waals surface area contributed by atoms with Gasteiger partial charge in [-0.1, -0.05) is 6.92 Å². The van der Waals surface area contributed by atoms with E-state index in [1.54, 1.807) is 24.2 Å². The van der Waals surface area contributed by atoms with Gasteiger partial charge in [0.25, 0.3) is 5.91 Å². The van der Waals surface area contributed by atoms with Gasteiger partial charge in [-0.25, -0.2) is 0 Å². The van der Waals surface area contributed by atoms with Crippen molar-refractivity contribution in [2.45, 2.75) is 32.7 Å². The fourth-order valence-electron chi connectivity index (χ4n) is 1.58. The van der Waals surface area contributed by atoms with E-state index in [0.717, 1.165) is 18.7 Å². The molecule has 0 saturated carbocycles. The molecule has 0 radical (unpaired) electrons. The smallest absolute Gasteiger partial charge is 0.272 e. The Morgan fingerprint density at radius 3 is 3.00 bits per heavy atom. The zero-order valence-electron chi connectivity index (χ0n) is 11.7. The van der Waals surface area contributed by atoms with Crippen molar-refractivity contribution in [2.24, 2.45) is 0 Å². The SMILES string of the molecule is CCCNc1ccnc(C(=O)N(C)C(C)CC#N)c1. The maximum Gasteiger partial charge on any atom is 0.272 e. The average molecular weight is 260 g/mol. The topological polar surface area (TPSA) is 69.0 Å². The summed E-state index contributed by atoms with van der Waals surface area (Å²) in [6.07, 6.45) is 2.95. The molecule has 0 aromatic carbocycles. The molecule has 1 N–H and O–H groups in total. The molecule has 1 atom stereocenters. The fourth-order valence-corrected chi connectivity index (χ4v) is 1.58. The first kappa shape index (κ1) is 15.0. The number of nitrogens with one attached hydrogen (secondary N) is 1. The van der Waals surface area contributed by atoms with Gasteiger partial charge in [0.05, 0.1) is 12.5 Å². The molecular weight excluding hydrogens is 240 g/mol. The van der Waals surface area contributed by atoms with Crippen LogP contribution in [0.2, 0.25) is 0 Å². The van der Waals surface area contributed by atoms with E-state index in [1.807, 2.05) is 13.0 Å². The minimum Gasteiger partial charge on any atom is -0.385 e. The summed E-state index contributed by atoms with van der Waals surface area (Å²) in [5.74, 6) is -0.164. The van der Waals surface area contributed by atoms with Crippen LogP contribution in [-0.2, 0) is 0 Å². The molecule has 0 aliphatic rings. The Morgan fingerprint density at radius 1 is 1.63 bits per heavy atom. The van der Waals surface area contributed by atoms with Gasteiger partial charge in [-0.15, -0.1) is 0 Å². The van der Waals surface area contributed by atoms with Gasteiger partial charge in [0.15, 0.2) is 0 Å². The summed E-state index contributed by atoms with van der Waals surface area (Å²) in [4.78, 5) is 17.9. The van der Waals surface area contributed by atoms with Crippen LogP contribution in [0.5, 0.6) is 0 Å². The lowest BCUT2D eigenvalue weighted by atomic mass is 10.2. The number of hydrogen-bond donors (Lipinski definition) is 1. The molecule has 0 saturated heterocycles. The van der Waals surface area contributed by atoms with E-state index in [1.165, 1.54) is 0 Å². The third-order valence-corrected chi connectivity index (χ3v) is 2.93. The zero-order valence-corrected chi connectivity index (χ0v) is 11.7. The van der Waals surface area contributed by atoms with E-state index in [9.17, 15) is 4.79 Å². The molecule has 1 aromatic rings. The van der Waals surface area contributed by atoms with Crippen molar-refractivity contribution in [3.05, 3.63) is 24.0 Å². The lowest BCUT2D eigenvalue weighted by Crippen LogP contribution is -2.35. The number of anilines is 1. The highest BCUT2D eigenvalue weighted by Crippen LogP contribution is 2.11. The predicted molar refractivity (Wildman–Crippen MR) is 74.8 cm³/mol. The van der Waals surface area contributed by atoms with Crippen molar-refractivity contribution in [1.29, 1.82) is 5.26 Å². The Balaban J connectivity index is 2.79. The molecule has 0 aliphatic heterocycles. The van der Waals surface area contributed by atoms with Crippen LogP contribution in [0.15, 0.2) is 18.3 Å². The van der Waals surface area contributed by atoms with Crippen LogP contribution in [0.3, 0.4) is 0 Å². The van der Waals surface area contributed by atoms with Crippen molar-refractivity contribution in [2.75, 3.05) is 18.9 Å². The summed E-state index contributed by atoms with van der Waals surface area (Å²) < 4.78 is 0. The first-order valence-electron chi connectivity index (χ1n) is 6.44. The second kappa shape index (κ2) is 7.37. The van der Waals surface area contributed by atoms with Crippen LogP contribution >= 0.6 is 0 Å². The van der Waals surface area contributed by atoms with E-state index in [0.29, 0.717) is 12.1 Å². The van der Waals surface area contributed by atoms with Gasteiger partial charge >= 0.3 is 0 Å². The predicted octanol–water partition coefficient (Wildman–Crippen LogP) is 2.28. The number of carbonyl (C=O) groups excluding carboxylic acids is 1. The van der Waals surface area contributed by atoms with E-state index < -0.39 is 0 Å². The first-order chi connectivity index (χ1) is 9.10. The summed E-state index contributed by atoms with van der Waals surface area (Å²) in [5.41, 5.74) is 1.29. The van der Waals surface area contributed by atoms with E-state index in [2.05, 4.69) is 23.3 Å². The third kappa shape index (κ3) is 4.25. The molecular formula is C14H20N4O. The van der Waals surface area contributed by atoms with Crippen LogP contribution in [-0.4, -0.2) is 35.4 Å². The molecule has 1 unspecified atom stereocenters. The maximum absolute atomic E-state index is 12.2. The summed E-state index contributed by atoms with van der Waals surface area (Å²) in [6, 6.07) is 5.53. The van der Waals surface area contributed by atoms with Crippen molar-refractivity contribution in [3.63, 3.8) is 0 Å². The van der Waals surface area contributed by atoms with E-state index >= 15 is 0 Å².